The second-order valence-corrected chi connectivity index (χ2v) is 5.17. The molecule has 19 heavy (non-hydrogen) atoms. The highest BCUT2D eigenvalue weighted by Crippen LogP contribution is 2.20. The Morgan fingerprint density at radius 1 is 0.895 bits per heavy atom. The van der Waals surface area contributed by atoms with Crippen molar-refractivity contribution in [2.24, 2.45) is 0 Å². The van der Waals surface area contributed by atoms with Crippen LogP contribution in [0, 0.1) is 0 Å². The lowest BCUT2D eigenvalue weighted by Crippen LogP contribution is -1.99. The van der Waals surface area contributed by atoms with Crippen LogP contribution in [0.2, 0.25) is 10.0 Å². The zero-order valence-electron chi connectivity index (χ0n) is 10.4. The van der Waals surface area contributed by atoms with Gasteiger partial charge in [0.05, 0.1) is 0 Å². The first-order valence-electron chi connectivity index (χ1n) is 6.06. The van der Waals surface area contributed by atoms with Crippen LogP contribution in [0.4, 0.5) is 5.69 Å². The largest absolute Gasteiger partial charge is 0.396 e. The van der Waals surface area contributed by atoms with Gasteiger partial charge in [-0.25, -0.2) is 0 Å². The standard InChI is InChI=1S/C15H15Cl2NO/c16-13-7-12(8-14(17)9-13)10-18-15-3-1-11(2-4-15)5-6-19/h1-4,7-9,18-19H,5-6,10H2. The molecule has 0 amide bonds. The van der Waals surface area contributed by atoms with Crippen LogP contribution >= 0.6 is 23.2 Å². The number of benzene rings is 2. The molecule has 2 rings (SSSR count). The molecule has 0 aliphatic rings. The minimum absolute atomic E-state index is 0.174. The smallest absolute Gasteiger partial charge is 0.0471 e. The summed E-state index contributed by atoms with van der Waals surface area (Å²) in [5.74, 6) is 0. The quantitative estimate of drug-likeness (QED) is 0.869. The van der Waals surface area contributed by atoms with Gasteiger partial charge in [-0.05, 0) is 47.9 Å². The predicted molar refractivity (Wildman–Crippen MR) is 81.0 cm³/mol. The Kier molecular flexibility index (Phi) is 5.08. The third-order valence-electron chi connectivity index (χ3n) is 2.77. The second-order valence-electron chi connectivity index (χ2n) is 4.30. The van der Waals surface area contributed by atoms with E-state index in [4.69, 9.17) is 28.3 Å². The number of nitrogens with one attached hydrogen (secondary N) is 1. The van der Waals surface area contributed by atoms with Crippen LogP contribution in [0.3, 0.4) is 0 Å². The van der Waals surface area contributed by atoms with Crippen molar-refractivity contribution < 1.29 is 5.11 Å². The first-order valence-corrected chi connectivity index (χ1v) is 6.81. The average Bonchev–Trinajstić information content (AvgIpc) is 2.37. The third-order valence-corrected chi connectivity index (χ3v) is 3.21. The molecule has 0 aromatic heterocycles. The molecule has 0 saturated carbocycles. The summed E-state index contributed by atoms with van der Waals surface area (Å²) < 4.78 is 0. The fraction of sp³-hybridized carbons (Fsp3) is 0.200. The first-order chi connectivity index (χ1) is 9.17. The fourth-order valence-electron chi connectivity index (χ4n) is 1.84. The summed E-state index contributed by atoms with van der Waals surface area (Å²) in [5, 5.41) is 13.4. The van der Waals surface area contributed by atoms with E-state index >= 15 is 0 Å². The van der Waals surface area contributed by atoms with Crippen molar-refractivity contribution in [1.82, 2.24) is 0 Å². The number of hydrogen-bond donors (Lipinski definition) is 2. The van der Waals surface area contributed by atoms with Crippen LogP contribution in [0.25, 0.3) is 0 Å². The number of halogens is 2. The molecule has 0 unspecified atom stereocenters. The molecular formula is C15H15Cl2NO. The molecule has 2 aromatic rings. The summed E-state index contributed by atoms with van der Waals surface area (Å²) in [4.78, 5) is 0. The number of hydrogen-bond acceptors (Lipinski definition) is 2. The molecule has 0 radical (unpaired) electrons. The fourth-order valence-corrected chi connectivity index (χ4v) is 2.41. The van der Waals surface area contributed by atoms with Crippen LogP contribution in [0.15, 0.2) is 42.5 Å². The third kappa shape index (κ3) is 4.43. The maximum atomic E-state index is 8.85. The lowest BCUT2D eigenvalue weighted by Gasteiger charge is -2.08. The van der Waals surface area contributed by atoms with Crippen LogP contribution in [-0.4, -0.2) is 11.7 Å². The van der Waals surface area contributed by atoms with Crippen molar-refractivity contribution in [1.29, 1.82) is 0 Å². The van der Waals surface area contributed by atoms with Gasteiger partial charge in [0, 0.05) is 28.9 Å². The van der Waals surface area contributed by atoms with Gasteiger partial charge in [-0.1, -0.05) is 35.3 Å². The number of rotatable bonds is 5. The zero-order chi connectivity index (χ0) is 13.7. The second kappa shape index (κ2) is 6.80. The molecule has 0 heterocycles. The van der Waals surface area contributed by atoms with E-state index in [-0.39, 0.29) is 6.61 Å². The monoisotopic (exact) mass is 295 g/mol. The van der Waals surface area contributed by atoms with Crippen molar-refractivity contribution in [3.8, 4) is 0 Å². The van der Waals surface area contributed by atoms with Gasteiger partial charge in [-0.15, -0.1) is 0 Å². The molecule has 2 nitrogen and oxygen atoms in total. The average molecular weight is 296 g/mol. The summed E-state index contributed by atoms with van der Waals surface area (Å²) in [6.07, 6.45) is 0.685. The molecule has 0 atom stereocenters. The summed E-state index contributed by atoms with van der Waals surface area (Å²) in [6, 6.07) is 13.5. The topological polar surface area (TPSA) is 32.3 Å². The highest BCUT2D eigenvalue weighted by Gasteiger charge is 1.99. The lowest BCUT2D eigenvalue weighted by molar-refractivity contribution is 0.299. The highest BCUT2D eigenvalue weighted by molar-refractivity contribution is 6.34. The normalized spacial score (nSPS) is 10.5. The van der Waals surface area contributed by atoms with Gasteiger partial charge in [-0.2, -0.15) is 0 Å². The van der Waals surface area contributed by atoms with Crippen molar-refractivity contribution in [3.63, 3.8) is 0 Å². The van der Waals surface area contributed by atoms with Gasteiger partial charge >= 0.3 is 0 Å². The summed E-state index contributed by atoms with van der Waals surface area (Å²) in [6.45, 7) is 0.841. The van der Waals surface area contributed by atoms with Crippen molar-refractivity contribution in [2.75, 3.05) is 11.9 Å². The maximum Gasteiger partial charge on any atom is 0.0471 e. The number of anilines is 1. The van der Waals surface area contributed by atoms with E-state index in [9.17, 15) is 0 Å². The van der Waals surface area contributed by atoms with Crippen LogP contribution in [0.1, 0.15) is 11.1 Å². The Morgan fingerprint density at radius 2 is 1.53 bits per heavy atom. The van der Waals surface area contributed by atoms with Crippen LogP contribution in [-0.2, 0) is 13.0 Å². The summed E-state index contributed by atoms with van der Waals surface area (Å²) >= 11 is 11.9. The molecule has 0 saturated heterocycles. The molecule has 0 bridgehead atoms. The Morgan fingerprint density at radius 3 is 2.11 bits per heavy atom. The highest BCUT2D eigenvalue weighted by atomic mass is 35.5. The zero-order valence-corrected chi connectivity index (χ0v) is 11.9. The van der Waals surface area contributed by atoms with Gasteiger partial charge < -0.3 is 10.4 Å². The minimum atomic E-state index is 0.174. The summed E-state index contributed by atoms with van der Waals surface area (Å²) in [7, 11) is 0. The Bertz CT molecular complexity index is 520. The molecule has 0 spiro atoms. The minimum Gasteiger partial charge on any atom is -0.396 e. The number of aliphatic hydroxyl groups excluding tert-OH is 1. The van der Waals surface area contributed by atoms with E-state index in [1.165, 1.54) is 0 Å². The molecule has 2 N–H and O–H groups in total. The van der Waals surface area contributed by atoms with Crippen molar-refractivity contribution >= 4 is 28.9 Å². The predicted octanol–water partition coefficient (Wildman–Crippen LogP) is 4.14. The van der Waals surface area contributed by atoms with E-state index in [1.807, 2.05) is 36.4 Å². The Labute approximate surface area is 123 Å². The number of aliphatic hydroxyl groups is 1. The van der Waals surface area contributed by atoms with E-state index in [0.717, 1.165) is 16.8 Å². The lowest BCUT2D eigenvalue weighted by atomic mass is 10.1. The van der Waals surface area contributed by atoms with E-state index in [1.54, 1.807) is 6.07 Å². The van der Waals surface area contributed by atoms with Gasteiger partial charge in [0.25, 0.3) is 0 Å². The molecular weight excluding hydrogens is 281 g/mol. The molecule has 0 fully saturated rings. The molecule has 2 aromatic carbocycles. The van der Waals surface area contributed by atoms with Crippen LogP contribution < -0.4 is 5.32 Å². The van der Waals surface area contributed by atoms with Gasteiger partial charge in [0.1, 0.15) is 0 Å². The van der Waals surface area contributed by atoms with E-state index < -0.39 is 0 Å². The van der Waals surface area contributed by atoms with Gasteiger partial charge in [0.2, 0.25) is 0 Å². The molecule has 0 aliphatic heterocycles. The Hall–Kier alpha value is -1.22. The molecule has 100 valence electrons. The van der Waals surface area contributed by atoms with Crippen molar-refractivity contribution in [3.05, 3.63) is 63.6 Å². The van der Waals surface area contributed by atoms with Crippen molar-refractivity contribution in [2.45, 2.75) is 13.0 Å². The molecule has 0 aliphatic carbocycles. The Balaban J connectivity index is 1.98. The van der Waals surface area contributed by atoms with Crippen LogP contribution in [0.5, 0.6) is 0 Å². The van der Waals surface area contributed by atoms with E-state index in [0.29, 0.717) is 23.0 Å². The molecule has 4 heteroatoms. The SMILES string of the molecule is OCCc1ccc(NCc2cc(Cl)cc(Cl)c2)cc1. The van der Waals surface area contributed by atoms with Gasteiger partial charge in [0.15, 0.2) is 0 Å². The maximum absolute atomic E-state index is 8.85. The first kappa shape index (κ1) is 14.2. The summed E-state index contributed by atoms with van der Waals surface area (Å²) in [5.41, 5.74) is 3.19. The van der Waals surface area contributed by atoms with E-state index in [2.05, 4.69) is 5.32 Å². The van der Waals surface area contributed by atoms with Gasteiger partial charge in [-0.3, -0.25) is 0 Å².